The van der Waals surface area contributed by atoms with Crippen molar-refractivity contribution in [3.05, 3.63) is 0 Å². The number of Topliss-reactive ketones (excluding diaryl/α,β-unsaturated/α-hetero) is 2. The van der Waals surface area contributed by atoms with Gasteiger partial charge in [0.15, 0.2) is 11.6 Å². The molecule has 0 spiro atoms. The van der Waals surface area contributed by atoms with Crippen molar-refractivity contribution >= 4 is 27.5 Å². The van der Waals surface area contributed by atoms with Crippen molar-refractivity contribution < 1.29 is 9.59 Å². The highest BCUT2D eigenvalue weighted by Crippen LogP contribution is 2.15. The minimum atomic E-state index is 0.00849. The Bertz CT molecular complexity index is 319. The first-order chi connectivity index (χ1) is 9.81. The number of likely N-dealkylation sites (N-methyl/N-ethyl adjacent to an activating group) is 1. The zero-order chi connectivity index (χ0) is 16.4. The second-order valence-electron chi connectivity index (χ2n) is 6.18. The molecule has 0 saturated heterocycles. The van der Waals surface area contributed by atoms with Crippen LogP contribution in [0.4, 0.5) is 0 Å². The molecule has 124 valence electrons. The summed E-state index contributed by atoms with van der Waals surface area (Å²) in [5.74, 6) is 0.571. The number of halogens is 1. The Kier molecular flexibility index (Phi) is 11.2. The van der Waals surface area contributed by atoms with Gasteiger partial charge in [0.25, 0.3) is 0 Å². The third-order valence-electron chi connectivity index (χ3n) is 3.76. The molecule has 0 aromatic carbocycles. The normalized spacial score (nSPS) is 13.2. The van der Waals surface area contributed by atoms with Crippen molar-refractivity contribution in [2.75, 3.05) is 25.5 Å². The number of rotatable bonds is 12. The van der Waals surface area contributed by atoms with Gasteiger partial charge in [0.1, 0.15) is 0 Å². The van der Waals surface area contributed by atoms with E-state index in [-0.39, 0.29) is 17.7 Å². The van der Waals surface area contributed by atoms with Crippen molar-refractivity contribution in [2.45, 2.75) is 59.0 Å². The van der Waals surface area contributed by atoms with Gasteiger partial charge >= 0.3 is 0 Å². The largest absolute Gasteiger partial charge is 0.310 e. The average Bonchev–Trinajstić information content (AvgIpc) is 2.44. The van der Waals surface area contributed by atoms with Crippen molar-refractivity contribution in [3.63, 3.8) is 0 Å². The van der Waals surface area contributed by atoms with Gasteiger partial charge in [-0.05, 0) is 40.3 Å². The number of nitrogens with zero attached hydrogens (tertiary/aromatic N) is 1. The lowest BCUT2D eigenvalue weighted by Gasteiger charge is -2.31. The summed E-state index contributed by atoms with van der Waals surface area (Å²) in [7, 11) is 2.03. The Balaban J connectivity index is 4.14. The maximum atomic E-state index is 12.3. The monoisotopic (exact) mass is 362 g/mol. The standard InChI is InChI=1S/C16H31BrN2O2/c1-12(2)16(21)15(19(5)13(3)4)8-6-7-9-18-11-14(20)10-17/h12-13,15,18H,6-11H2,1-5H3. The number of unbranched alkanes of at least 4 members (excludes halogenated alkanes) is 1. The van der Waals surface area contributed by atoms with Gasteiger partial charge in [-0.2, -0.15) is 0 Å². The van der Waals surface area contributed by atoms with Crippen LogP contribution in [0.15, 0.2) is 0 Å². The molecular weight excluding hydrogens is 332 g/mol. The molecule has 0 saturated carbocycles. The number of carbonyl (C=O) groups excluding carboxylic acids is 2. The van der Waals surface area contributed by atoms with Crippen LogP contribution in [-0.4, -0.2) is 54.0 Å². The molecular formula is C16H31BrN2O2. The van der Waals surface area contributed by atoms with Gasteiger partial charge in [0.2, 0.25) is 0 Å². The molecule has 5 heteroatoms. The molecule has 0 aliphatic rings. The minimum absolute atomic E-state index is 0.00849. The van der Waals surface area contributed by atoms with Crippen LogP contribution in [0, 0.1) is 5.92 Å². The average molecular weight is 363 g/mol. The summed E-state index contributed by atoms with van der Waals surface area (Å²) in [5.41, 5.74) is 0. The molecule has 0 fully saturated rings. The molecule has 21 heavy (non-hydrogen) atoms. The Hall–Kier alpha value is -0.260. The van der Waals surface area contributed by atoms with Gasteiger partial charge in [0.05, 0.1) is 17.9 Å². The third kappa shape index (κ3) is 8.69. The van der Waals surface area contributed by atoms with Gasteiger partial charge in [-0.15, -0.1) is 0 Å². The first-order valence-electron chi connectivity index (χ1n) is 7.85. The second kappa shape index (κ2) is 11.3. The molecule has 0 aliphatic carbocycles. The third-order valence-corrected chi connectivity index (χ3v) is 4.38. The van der Waals surface area contributed by atoms with Crippen LogP contribution in [0.1, 0.15) is 47.0 Å². The van der Waals surface area contributed by atoms with Gasteiger partial charge in [-0.25, -0.2) is 0 Å². The summed E-state index contributed by atoms with van der Waals surface area (Å²) in [6.07, 6.45) is 2.87. The van der Waals surface area contributed by atoms with Crippen molar-refractivity contribution in [3.8, 4) is 0 Å². The molecule has 1 atom stereocenters. The van der Waals surface area contributed by atoms with E-state index < -0.39 is 0 Å². The van der Waals surface area contributed by atoms with Crippen LogP contribution in [0.3, 0.4) is 0 Å². The van der Waals surface area contributed by atoms with E-state index in [4.69, 9.17) is 0 Å². The molecule has 0 heterocycles. The van der Waals surface area contributed by atoms with Crippen LogP contribution in [0.25, 0.3) is 0 Å². The maximum absolute atomic E-state index is 12.3. The van der Waals surface area contributed by atoms with Crippen LogP contribution < -0.4 is 5.32 Å². The summed E-state index contributed by atoms with van der Waals surface area (Å²) in [4.78, 5) is 25.6. The lowest BCUT2D eigenvalue weighted by Crippen LogP contribution is -2.44. The van der Waals surface area contributed by atoms with E-state index in [1.807, 2.05) is 20.9 Å². The SMILES string of the molecule is CC(C)C(=O)C(CCCCNCC(=O)CBr)N(C)C(C)C. The fraction of sp³-hybridized carbons (Fsp3) is 0.875. The first kappa shape index (κ1) is 20.7. The van der Waals surface area contributed by atoms with Gasteiger partial charge < -0.3 is 5.32 Å². The van der Waals surface area contributed by atoms with Crippen molar-refractivity contribution in [1.82, 2.24) is 10.2 Å². The number of alkyl halides is 1. The summed E-state index contributed by atoms with van der Waals surface area (Å²) in [6, 6.07) is 0.376. The number of nitrogens with one attached hydrogen (secondary N) is 1. The van der Waals surface area contributed by atoms with E-state index in [0.29, 0.717) is 23.7 Å². The van der Waals surface area contributed by atoms with E-state index in [2.05, 4.69) is 40.0 Å². The first-order valence-corrected chi connectivity index (χ1v) is 8.97. The molecule has 0 rings (SSSR count). The molecule has 0 amide bonds. The van der Waals surface area contributed by atoms with Crippen LogP contribution in [0.2, 0.25) is 0 Å². The topological polar surface area (TPSA) is 49.4 Å². The zero-order valence-corrected chi connectivity index (χ0v) is 15.7. The van der Waals surface area contributed by atoms with E-state index in [9.17, 15) is 9.59 Å². The lowest BCUT2D eigenvalue weighted by molar-refractivity contribution is -0.127. The van der Waals surface area contributed by atoms with E-state index in [0.717, 1.165) is 25.8 Å². The molecule has 0 aromatic rings. The summed E-state index contributed by atoms with van der Waals surface area (Å²) < 4.78 is 0. The lowest BCUT2D eigenvalue weighted by atomic mass is 9.95. The summed E-state index contributed by atoms with van der Waals surface area (Å²) in [6.45, 7) is 9.42. The quantitative estimate of drug-likeness (QED) is 0.428. The Morgan fingerprint density at radius 1 is 1.14 bits per heavy atom. The van der Waals surface area contributed by atoms with Gasteiger partial charge in [0, 0.05) is 12.0 Å². The van der Waals surface area contributed by atoms with Crippen molar-refractivity contribution in [1.29, 1.82) is 0 Å². The molecule has 0 bridgehead atoms. The molecule has 0 aromatic heterocycles. The molecule has 4 nitrogen and oxygen atoms in total. The Morgan fingerprint density at radius 2 is 1.76 bits per heavy atom. The fourth-order valence-electron chi connectivity index (χ4n) is 2.15. The highest BCUT2D eigenvalue weighted by Gasteiger charge is 2.26. The Morgan fingerprint density at radius 3 is 2.24 bits per heavy atom. The van der Waals surface area contributed by atoms with Gasteiger partial charge in [-0.1, -0.05) is 36.2 Å². The minimum Gasteiger partial charge on any atom is -0.310 e. The fourth-order valence-corrected chi connectivity index (χ4v) is 2.35. The molecule has 0 radical (unpaired) electrons. The van der Waals surface area contributed by atoms with Gasteiger partial charge in [-0.3, -0.25) is 14.5 Å². The summed E-state index contributed by atoms with van der Waals surface area (Å²) >= 11 is 3.14. The van der Waals surface area contributed by atoms with E-state index >= 15 is 0 Å². The predicted molar refractivity (Wildman–Crippen MR) is 92.1 cm³/mol. The van der Waals surface area contributed by atoms with Crippen LogP contribution >= 0.6 is 15.9 Å². The van der Waals surface area contributed by atoms with Crippen LogP contribution in [0.5, 0.6) is 0 Å². The summed E-state index contributed by atoms with van der Waals surface area (Å²) in [5, 5.41) is 3.54. The van der Waals surface area contributed by atoms with Crippen LogP contribution in [-0.2, 0) is 9.59 Å². The number of hydrogen-bond acceptors (Lipinski definition) is 4. The second-order valence-corrected chi connectivity index (χ2v) is 6.74. The highest BCUT2D eigenvalue weighted by atomic mass is 79.9. The number of hydrogen-bond donors (Lipinski definition) is 1. The number of ketones is 2. The number of carbonyl (C=O) groups is 2. The van der Waals surface area contributed by atoms with E-state index in [1.165, 1.54) is 0 Å². The predicted octanol–water partition coefficient (Wildman–Crippen LogP) is 2.64. The smallest absolute Gasteiger partial charge is 0.157 e. The maximum Gasteiger partial charge on any atom is 0.157 e. The molecule has 0 aliphatic heterocycles. The van der Waals surface area contributed by atoms with Crippen molar-refractivity contribution in [2.24, 2.45) is 5.92 Å². The highest BCUT2D eigenvalue weighted by molar-refractivity contribution is 9.09. The zero-order valence-electron chi connectivity index (χ0n) is 14.1. The Labute approximate surface area is 138 Å². The molecule has 1 unspecified atom stereocenters. The van der Waals surface area contributed by atoms with E-state index in [1.54, 1.807) is 0 Å². The molecule has 1 N–H and O–H groups in total.